The quantitative estimate of drug-likeness (QED) is 0.374. The molecule has 8 nitrogen and oxygen atoms in total. The van der Waals surface area contributed by atoms with Crippen LogP contribution in [0.1, 0.15) is 16.1 Å². The molecule has 2 aromatic carbocycles. The molecule has 3 rings (SSSR count). The number of nitrogens with zero attached hydrogens (tertiary/aromatic N) is 3. The zero-order valence-electron chi connectivity index (χ0n) is 16.8. The van der Waals surface area contributed by atoms with Crippen molar-refractivity contribution in [2.45, 2.75) is 6.92 Å². The number of amides is 1. The van der Waals surface area contributed by atoms with Crippen molar-refractivity contribution in [3.8, 4) is 0 Å². The van der Waals surface area contributed by atoms with Gasteiger partial charge in [-0.05, 0) is 37.3 Å². The smallest absolute Gasteiger partial charge is 0.297 e. The number of aromatic nitrogens is 2. The predicted octanol–water partition coefficient (Wildman–Crippen LogP) is 3.63. The van der Waals surface area contributed by atoms with E-state index in [4.69, 9.17) is 21.5 Å². The predicted molar refractivity (Wildman–Crippen MR) is 122 cm³/mol. The van der Waals surface area contributed by atoms with E-state index in [2.05, 4.69) is 26.5 Å². The van der Waals surface area contributed by atoms with Gasteiger partial charge in [0.1, 0.15) is 0 Å². The van der Waals surface area contributed by atoms with Crippen LogP contribution in [0, 0.1) is 6.92 Å². The fourth-order valence-corrected chi connectivity index (χ4v) is 3.79. The number of para-hydroxylation sites is 1. The molecule has 1 amide bonds. The van der Waals surface area contributed by atoms with Crippen LogP contribution in [0.15, 0.2) is 57.8 Å². The van der Waals surface area contributed by atoms with E-state index in [1.165, 1.54) is 7.05 Å². The number of anilines is 3. The van der Waals surface area contributed by atoms with Gasteiger partial charge in [0.2, 0.25) is 0 Å². The van der Waals surface area contributed by atoms with E-state index in [-0.39, 0.29) is 30.2 Å². The molecule has 10 heteroatoms. The van der Waals surface area contributed by atoms with E-state index >= 15 is 0 Å². The maximum atomic E-state index is 12.9. The van der Waals surface area contributed by atoms with Gasteiger partial charge in [-0.1, -0.05) is 45.7 Å². The monoisotopic (exact) mass is 506 g/mol. The van der Waals surface area contributed by atoms with Crippen molar-refractivity contribution in [1.29, 1.82) is 0 Å². The van der Waals surface area contributed by atoms with Crippen molar-refractivity contribution < 1.29 is 14.7 Å². The molecule has 0 fully saturated rings. The fourth-order valence-electron chi connectivity index (χ4n) is 3.03. The molecule has 0 unspecified atom stereocenters. The van der Waals surface area contributed by atoms with Gasteiger partial charge in [-0.2, -0.15) is 5.10 Å². The highest BCUT2D eigenvalue weighted by molar-refractivity contribution is 9.10. The van der Waals surface area contributed by atoms with E-state index in [0.29, 0.717) is 22.0 Å². The Labute approximate surface area is 192 Å². The summed E-state index contributed by atoms with van der Waals surface area (Å²) in [6.07, 6.45) is 0. The fraction of sp³-hybridized carbons (Fsp3) is 0.190. The Bertz CT molecular complexity index is 1150. The summed E-state index contributed by atoms with van der Waals surface area (Å²) in [4.78, 5) is 32.3. The Kier molecular flexibility index (Phi) is 7.45. The molecule has 3 aromatic rings. The van der Waals surface area contributed by atoms with Gasteiger partial charge >= 0.3 is 0 Å². The molecule has 0 aliphatic heterocycles. The Balaban J connectivity index is 2.29. The molecular weight excluding hydrogens is 488 g/mol. The second-order valence-corrected chi connectivity index (χ2v) is 7.84. The maximum absolute atomic E-state index is 12.9. The highest BCUT2D eigenvalue weighted by atomic mass is 79.9. The number of nitrogens with one attached hydrogen (secondary N) is 1. The summed E-state index contributed by atoms with van der Waals surface area (Å²) >= 11 is 9.95. The molecule has 0 radical (unpaired) electrons. The minimum atomic E-state index is -0.670. The van der Waals surface area contributed by atoms with Gasteiger partial charge in [-0.3, -0.25) is 14.4 Å². The number of hydrogen-bond donors (Lipinski definition) is 2. The summed E-state index contributed by atoms with van der Waals surface area (Å²) in [6.45, 7) is 1.26. The van der Waals surface area contributed by atoms with E-state index in [1.54, 1.807) is 24.0 Å². The average molecular weight is 508 g/mol. The number of hydroxylamine groups is 1. The molecule has 2 N–H and O–H groups in total. The van der Waals surface area contributed by atoms with E-state index in [0.717, 1.165) is 9.15 Å². The first-order valence-corrected chi connectivity index (χ1v) is 10.4. The highest BCUT2D eigenvalue weighted by Crippen LogP contribution is 2.41. The van der Waals surface area contributed by atoms with Gasteiger partial charge in [-0.25, -0.2) is 10.2 Å². The minimum Gasteiger partial charge on any atom is -0.394 e. The van der Waals surface area contributed by atoms with Crippen molar-refractivity contribution in [1.82, 2.24) is 15.3 Å². The second kappa shape index (κ2) is 10.1. The summed E-state index contributed by atoms with van der Waals surface area (Å²) in [7, 11) is 1.46. The van der Waals surface area contributed by atoms with Gasteiger partial charge in [0.25, 0.3) is 11.5 Å². The number of aryl methyl sites for hydroxylation is 1. The Morgan fingerprint density at radius 1 is 1.29 bits per heavy atom. The molecule has 0 spiro atoms. The molecule has 0 atom stereocenters. The maximum Gasteiger partial charge on any atom is 0.297 e. The number of carbonyl (C=O) groups excluding carboxylic acids is 1. The van der Waals surface area contributed by atoms with Crippen molar-refractivity contribution in [2.75, 3.05) is 18.1 Å². The normalized spacial score (nSPS) is 10.7. The summed E-state index contributed by atoms with van der Waals surface area (Å²) < 4.78 is 1.87. The number of benzene rings is 2. The molecule has 0 aliphatic carbocycles. The zero-order valence-corrected chi connectivity index (χ0v) is 19.1. The van der Waals surface area contributed by atoms with Crippen LogP contribution in [-0.4, -0.2) is 34.0 Å². The first-order valence-electron chi connectivity index (χ1n) is 9.26. The van der Waals surface area contributed by atoms with Crippen molar-refractivity contribution >= 4 is 50.5 Å². The third-order valence-electron chi connectivity index (χ3n) is 4.41. The van der Waals surface area contributed by atoms with Gasteiger partial charge in [0, 0.05) is 22.8 Å². The van der Waals surface area contributed by atoms with E-state index in [9.17, 15) is 9.59 Å². The SMILES string of the molecule is Cc1c(N(c2ccccc2)c2ccc(Br)cc2Cl)c(C(=O)NOCCO)nn(C)c1=O. The molecule has 0 aliphatic rings. The van der Waals surface area contributed by atoms with Crippen LogP contribution in [-0.2, 0) is 11.9 Å². The first-order chi connectivity index (χ1) is 14.8. The lowest BCUT2D eigenvalue weighted by Crippen LogP contribution is -2.34. The number of rotatable bonds is 7. The van der Waals surface area contributed by atoms with Crippen molar-refractivity contribution in [2.24, 2.45) is 7.05 Å². The molecule has 162 valence electrons. The standard InChI is InChI=1S/C21H20BrClN4O4/c1-13-19(18(24-26(2)21(13)30)20(29)25-31-11-10-28)27(15-6-4-3-5-7-15)17-9-8-14(22)12-16(17)23/h3-9,12,28H,10-11H2,1-2H3,(H,25,29). The van der Waals surface area contributed by atoms with Crippen molar-refractivity contribution in [3.05, 3.63) is 79.6 Å². The zero-order chi connectivity index (χ0) is 22.5. The van der Waals surface area contributed by atoms with E-state index < -0.39 is 5.91 Å². The molecule has 1 heterocycles. The molecule has 0 saturated heterocycles. The summed E-state index contributed by atoms with van der Waals surface area (Å²) in [5.74, 6) is -0.670. The molecule has 0 bridgehead atoms. The molecule has 0 saturated carbocycles. The van der Waals surface area contributed by atoms with Crippen LogP contribution in [0.5, 0.6) is 0 Å². The van der Waals surface area contributed by atoms with Crippen LogP contribution in [0.3, 0.4) is 0 Å². The first kappa shape index (κ1) is 23.0. The average Bonchev–Trinajstić information content (AvgIpc) is 2.75. The number of aliphatic hydroxyl groups is 1. The van der Waals surface area contributed by atoms with Crippen LogP contribution >= 0.6 is 27.5 Å². The lowest BCUT2D eigenvalue weighted by Gasteiger charge is -2.29. The van der Waals surface area contributed by atoms with Crippen molar-refractivity contribution in [3.63, 3.8) is 0 Å². The number of aliphatic hydroxyl groups excluding tert-OH is 1. The van der Waals surface area contributed by atoms with Crippen LogP contribution < -0.4 is 15.9 Å². The summed E-state index contributed by atoms with van der Waals surface area (Å²) in [5.41, 5.74) is 3.64. The lowest BCUT2D eigenvalue weighted by atomic mass is 10.1. The number of carbonyl (C=O) groups is 1. The van der Waals surface area contributed by atoms with Crippen LogP contribution in [0.4, 0.5) is 17.1 Å². The second-order valence-electron chi connectivity index (χ2n) is 6.52. The molecule has 1 aromatic heterocycles. The van der Waals surface area contributed by atoms with Crippen LogP contribution in [0.2, 0.25) is 5.02 Å². The Morgan fingerprint density at radius 2 is 2.00 bits per heavy atom. The van der Waals surface area contributed by atoms with Gasteiger partial charge < -0.3 is 10.0 Å². The Hall–Kier alpha value is -2.72. The minimum absolute atomic E-state index is 0.0413. The number of hydrogen-bond acceptors (Lipinski definition) is 6. The molecule has 31 heavy (non-hydrogen) atoms. The Morgan fingerprint density at radius 3 is 2.65 bits per heavy atom. The highest BCUT2D eigenvalue weighted by Gasteiger charge is 2.27. The van der Waals surface area contributed by atoms with Gasteiger partial charge in [0.05, 0.1) is 29.6 Å². The summed E-state index contributed by atoms with van der Waals surface area (Å²) in [5, 5.41) is 13.5. The largest absolute Gasteiger partial charge is 0.394 e. The van der Waals surface area contributed by atoms with Gasteiger partial charge in [0.15, 0.2) is 5.69 Å². The number of halogens is 2. The van der Waals surface area contributed by atoms with Crippen LogP contribution in [0.25, 0.3) is 0 Å². The van der Waals surface area contributed by atoms with E-state index in [1.807, 2.05) is 36.4 Å². The topological polar surface area (TPSA) is 96.7 Å². The lowest BCUT2D eigenvalue weighted by molar-refractivity contribution is 0.0164. The summed E-state index contributed by atoms with van der Waals surface area (Å²) in [6, 6.07) is 14.5. The third kappa shape index (κ3) is 4.96. The third-order valence-corrected chi connectivity index (χ3v) is 5.20. The molecular formula is C21H20BrClN4O4. The van der Waals surface area contributed by atoms with Gasteiger partial charge in [-0.15, -0.1) is 0 Å².